The van der Waals surface area contributed by atoms with Crippen LogP contribution < -0.4 is 5.32 Å². The van der Waals surface area contributed by atoms with Crippen molar-refractivity contribution >= 4 is 22.1 Å². The van der Waals surface area contributed by atoms with Gasteiger partial charge in [0.1, 0.15) is 17.1 Å². The second-order valence-corrected chi connectivity index (χ2v) is 14.2. The van der Waals surface area contributed by atoms with Gasteiger partial charge in [-0.25, -0.2) is 18.4 Å². The Balaban J connectivity index is 1.33. The molecule has 4 aliphatic rings. The van der Waals surface area contributed by atoms with Gasteiger partial charge in [0, 0.05) is 38.3 Å². The molecule has 0 aromatic carbocycles. The van der Waals surface area contributed by atoms with Gasteiger partial charge in [0.15, 0.2) is 5.82 Å². The summed E-state index contributed by atoms with van der Waals surface area (Å²) in [5, 5.41) is 28.3. The second-order valence-electron chi connectivity index (χ2n) is 12.1. The molecular weight excluding hydrogens is 542 g/mol. The number of aliphatic hydroxyl groups excluding tert-OH is 1. The molecule has 41 heavy (non-hydrogen) atoms. The molecule has 2 aliphatic carbocycles. The molecule has 6 rings (SSSR count). The first kappa shape index (κ1) is 28.0. The summed E-state index contributed by atoms with van der Waals surface area (Å²) in [4.78, 5) is 15.9. The summed E-state index contributed by atoms with van der Waals surface area (Å²) in [6.45, 7) is 3.67. The van der Waals surface area contributed by atoms with E-state index < -0.39 is 21.3 Å². The molecule has 12 heteroatoms. The van der Waals surface area contributed by atoms with Crippen molar-refractivity contribution in [1.82, 2.24) is 24.1 Å². The monoisotopic (exact) mass is 579 g/mol. The van der Waals surface area contributed by atoms with Gasteiger partial charge in [-0.3, -0.25) is 9.89 Å². The first-order valence-corrected chi connectivity index (χ1v) is 15.9. The van der Waals surface area contributed by atoms with E-state index >= 15 is 0 Å². The predicted octanol–water partition coefficient (Wildman–Crippen LogP) is 2.41. The largest absolute Gasteiger partial charge is 0.396 e. The number of anilines is 1. The Hall–Kier alpha value is -3.11. The molecule has 11 nitrogen and oxygen atoms in total. The SMILES string of the molecule is CC1(CO)CCN(C2(Nc3ccnc(-c4cnn(S(=O)(=O)C5CC5)c4)n3)C=CN=CC2C#CC2(O)CCCC2)CC1. The van der Waals surface area contributed by atoms with Gasteiger partial charge in [0.2, 0.25) is 0 Å². The number of aliphatic hydroxyl groups is 2. The fourth-order valence-corrected chi connectivity index (χ4v) is 7.36. The fourth-order valence-electron chi connectivity index (χ4n) is 5.88. The highest BCUT2D eigenvalue weighted by molar-refractivity contribution is 7.90. The van der Waals surface area contributed by atoms with Crippen LogP contribution in [0.3, 0.4) is 0 Å². The molecule has 3 fully saturated rings. The topological polar surface area (TPSA) is 146 Å². The molecule has 3 N–H and O–H groups in total. The molecule has 2 saturated carbocycles. The van der Waals surface area contributed by atoms with Crippen molar-refractivity contribution in [1.29, 1.82) is 0 Å². The van der Waals surface area contributed by atoms with Crippen molar-refractivity contribution in [2.45, 2.75) is 74.8 Å². The van der Waals surface area contributed by atoms with E-state index in [2.05, 4.69) is 44.1 Å². The highest BCUT2D eigenvalue weighted by atomic mass is 32.2. The quantitative estimate of drug-likeness (QED) is 0.421. The molecule has 0 amide bonds. The van der Waals surface area contributed by atoms with Crippen LogP contribution in [0.2, 0.25) is 0 Å². The fraction of sp³-hybridized carbons (Fsp3) is 0.586. The average Bonchev–Trinajstić information content (AvgIpc) is 3.57. The van der Waals surface area contributed by atoms with Gasteiger partial charge in [0.25, 0.3) is 10.0 Å². The van der Waals surface area contributed by atoms with Crippen LogP contribution in [0.5, 0.6) is 0 Å². The van der Waals surface area contributed by atoms with E-state index in [1.54, 1.807) is 18.5 Å². The van der Waals surface area contributed by atoms with Crippen LogP contribution in [0.4, 0.5) is 5.82 Å². The Morgan fingerprint density at radius 3 is 2.63 bits per heavy atom. The third-order valence-corrected chi connectivity index (χ3v) is 10.9. The summed E-state index contributed by atoms with van der Waals surface area (Å²) in [5.41, 5.74) is -1.44. The normalized spacial score (nSPS) is 27.3. The zero-order chi connectivity index (χ0) is 28.7. The van der Waals surface area contributed by atoms with E-state index in [0.29, 0.717) is 56.0 Å². The molecule has 1 saturated heterocycles. The Labute approximate surface area is 240 Å². The van der Waals surface area contributed by atoms with E-state index in [1.807, 2.05) is 12.3 Å². The van der Waals surface area contributed by atoms with Crippen LogP contribution in [-0.4, -0.2) is 85.1 Å². The van der Waals surface area contributed by atoms with Gasteiger partial charge >= 0.3 is 0 Å². The predicted molar refractivity (Wildman–Crippen MR) is 155 cm³/mol. The van der Waals surface area contributed by atoms with Crippen LogP contribution in [0.1, 0.15) is 58.3 Å². The lowest BCUT2D eigenvalue weighted by atomic mass is 9.78. The Bertz CT molecular complexity index is 1510. The maximum atomic E-state index is 12.6. The zero-order valence-electron chi connectivity index (χ0n) is 23.3. The summed E-state index contributed by atoms with van der Waals surface area (Å²) in [6.07, 6.45) is 16.3. The van der Waals surface area contributed by atoms with Crippen molar-refractivity contribution in [3.8, 4) is 23.2 Å². The molecule has 0 spiro atoms. The van der Waals surface area contributed by atoms with E-state index in [0.717, 1.165) is 29.8 Å². The standard InChI is InChI=1S/C29H37N7O4S/c1-27(21-37)12-16-35(17-13-27)29(11-15-30-19-23(29)6-10-28(38)8-2-3-9-28)34-25-7-14-31-26(33-25)22-18-32-36(20-22)41(39,40)24-4-5-24/h7,11,14-15,18-20,23-24,37-38H,2-5,8-9,12-13,16-17,21H2,1H3,(H,31,33,34). The first-order valence-electron chi connectivity index (χ1n) is 14.4. The number of piperidine rings is 1. The summed E-state index contributed by atoms with van der Waals surface area (Å²) in [6, 6.07) is 1.77. The lowest BCUT2D eigenvalue weighted by molar-refractivity contribution is 0.0210. The van der Waals surface area contributed by atoms with E-state index in [-0.39, 0.29) is 23.2 Å². The number of hydrogen-bond donors (Lipinski definition) is 3. The Morgan fingerprint density at radius 2 is 1.93 bits per heavy atom. The molecule has 2 unspecified atom stereocenters. The Kier molecular flexibility index (Phi) is 7.26. The summed E-state index contributed by atoms with van der Waals surface area (Å²) in [7, 11) is -3.50. The van der Waals surface area contributed by atoms with Gasteiger partial charge in [-0.05, 0) is 68.9 Å². The van der Waals surface area contributed by atoms with E-state index in [9.17, 15) is 18.6 Å². The van der Waals surface area contributed by atoms with Crippen molar-refractivity contribution in [2.75, 3.05) is 25.0 Å². The first-order chi connectivity index (χ1) is 19.6. The number of likely N-dealkylation sites (tertiary alicyclic amines) is 1. The molecule has 4 heterocycles. The van der Waals surface area contributed by atoms with Crippen molar-refractivity contribution in [3.05, 3.63) is 36.9 Å². The van der Waals surface area contributed by atoms with Crippen LogP contribution in [0.25, 0.3) is 11.4 Å². The minimum absolute atomic E-state index is 0.133. The highest BCUT2D eigenvalue weighted by Crippen LogP contribution is 2.38. The van der Waals surface area contributed by atoms with Crippen LogP contribution in [0, 0.1) is 23.2 Å². The minimum Gasteiger partial charge on any atom is -0.396 e. The third-order valence-electron chi connectivity index (χ3n) is 8.90. The molecule has 0 bridgehead atoms. The molecule has 218 valence electrons. The zero-order valence-corrected chi connectivity index (χ0v) is 24.1. The molecule has 2 aliphatic heterocycles. The number of nitrogens with zero attached hydrogens (tertiary/aromatic N) is 6. The summed E-state index contributed by atoms with van der Waals surface area (Å²) >= 11 is 0. The van der Waals surface area contributed by atoms with Gasteiger partial charge in [-0.2, -0.15) is 9.19 Å². The minimum atomic E-state index is -3.50. The van der Waals surface area contributed by atoms with Crippen molar-refractivity contribution < 1.29 is 18.6 Å². The number of hydrogen-bond acceptors (Lipinski definition) is 10. The summed E-state index contributed by atoms with van der Waals surface area (Å²) in [5.74, 6) is 7.03. The number of rotatable bonds is 7. The van der Waals surface area contributed by atoms with Crippen molar-refractivity contribution in [2.24, 2.45) is 16.3 Å². The van der Waals surface area contributed by atoms with Gasteiger partial charge < -0.3 is 15.5 Å². The lowest BCUT2D eigenvalue weighted by Gasteiger charge is -2.50. The smallest absolute Gasteiger partial charge is 0.256 e. The van der Waals surface area contributed by atoms with Crippen LogP contribution in [-0.2, 0) is 10.0 Å². The highest BCUT2D eigenvalue weighted by Gasteiger charge is 2.46. The second kappa shape index (κ2) is 10.6. The molecule has 0 radical (unpaired) electrons. The maximum Gasteiger partial charge on any atom is 0.256 e. The Morgan fingerprint density at radius 1 is 1.17 bits per heavy atom. The molecular formula is C29H37N7O4S. The maximum absolute atomic E-state index is 12.6. The third kappa shape index (κ3) is 5.56. The van der Waals surface area contributed by atoms with Crippen LogP contribution >= 0.6 is 0 Å². The number of aliphatic imine (C=N–C) groups is 1. The van der Waals surface area contributed by atoms with Crippen molar-refractivity contribution in [3.63, 3.8) is 0 Å². The summed E-state index contributed by atoms with van der Waals surface area (Å²) < 4.78 is 26.3. The number of nitrogens with one attached hydrogen (secondary N) is 1. The molecule has 2 aromatic rings. The number of aromatic nitrogens is 4. The van der Waals surface area contributed by atoms with Crippen LogP contribution in [0.15, 0.2) is 41.9 Å². The average molecular weight is 580 g/mol. The van der Waals surface area contributed by atoms with Gasteiger partial charge in [0.05, 0.1) is 29.1 Å². The van der Waals surface area contributed by atoms with Gasteiger partial charge in [-0.15, -0.1) is 0 Å². The molecule has 2 atom stereocenters. The van der Waals surface area contributed by atoms with Gasteiger partial charge in [-0.1, -0.05) is 18.8 Å². The lowest BCUT2D eigenvalue weighted by Crippen LogP contribution is -2.62. The van der Waals surface area contributed by atoms with E-state index in [4.69, 9.17) is 4.98 Å². The van der Waals surface area contributed by atoms with E-state index in [1.165, 1.54) is 12.4 Å². The molecule has 2 aromatic heterocycles.